The van der Waals surface area contributed by atoms with Crippen molar-refractivity contribution in [2.24, 2.45) is 0 Å². The fourth-order valence-electron chi connectivity index (χ4n) is 2.22. The third-order valence-corrected chi connectivity index (χ3v) is 4.55. The molecule has 0 unspecified atom stereocenters. The van der Waals surface area contributed by atoms with Gasteiger partial charge >= 0.3 is 0 Å². The summed E-state index contributed by atoms with van der Waals surface area (Å²) in [7, 11) is 1.61. The van der Waals surface area contributed by atoms with Gasteiger partial charge in [0.15, 0.2) is 5.16 Å². The van der Waals surface area contributed by atoms with Crippen LogP contribution in [-0.2, 0) is 17.8 Å². The number of carbonyl (C=O) groups excluding carboxylic acids is 1. The summed E-state index contributed by atoms with van der Waals surface area (Å²) in [4.78, 5) is 31.0. The number of rotatable bonds is 8. The van der Waals surface area contributed by atoms with Crippen molar-refractivity contribution in [3.63, 3.8) is 0 Å². The number of aryl methyl sites for hydroxylation is 1. The Morgan fingerprint density at radius 3 is 2.72 bits per heavy atom. The SMILES string of the molecule is CCCc1cc(=O)[nH]c(S[C@H](C)C(=O)NCc2ccc(OC)cc2)n1. The van der Waals surface area contributed by atoms with Gasteiger partial charge in [-0.2, -0.15) is 0 Å². The molecule has 2 N–H and O–H groups in total. The second-order valence-corrected chi connectivity index (χ2v) is 6.95. The summed E-state index contributed by atoms with van der Waals surface area (Å²) in [5.41, 5.74) is 1.55. The molecule has 1 aromatic carbocycles. The van der Waals surface area contributed by atoms with E-state index in [1.807, 2.05) is 31.2 Å². The maximum atomic E-state index is 12.3. The van der Waals surface area contributed by atoms with E-state index < -0.39 is 0 Å². The van der Waals surface area contributed by atoms with Gasteiger partial charge in [0.05, 0.1) is 12.4 Å². The zero-order chi connectivity index (χ0) is 18.2. The van der Waals surface area contributed by atoms with Crippen molar-refractivity contribution < 1.29 is 9.53 Å². The Balaban J connectivity index is 1.92. The molecular formula is C18H23N3O3S. The monoisotopic (exact) mass is 361 g/mol. The second-order valence-electron chi connectivity index (χ2n) is 5.62. The molecule has 6 nitrogen and oxygen atoms in total. The van der Waals surface area contributed by atoms with Gasteiger partial charge in [0, 0.05) is 18.3 Å². The molecule has 0 aliphatic carbocycles. The van der Waals surface area contributed by atoms with Gasteiger partial charge in [0.25, 0.3) is 5.56 Å². The van der Waals surface area contributed by atoms with Crippen molar-refractivity contribution in [3.8, 4) is 5.75 Å². The lowest BCUT2D eigenvalue weighted by Gasteiger charge is -2.12. The molecule has 2 aromatic rings. The summed E-state index contributed by atoms with van der Waals surface area (Å²) in [6, 6.07) is 9.03. The Labute approximate surface area is 151 Å². The third kappa shape index (κ3) is 5.94. The molecule has 1 aromatic heterocycles. The summed E-state index contributed by atoms with van der Waals surface area (Å²) in [5, 5.41) is 3.00. The minimum atomic E-state index is -0.363. The van der Waals surface area contributed by atoms with Gasteiger partial charge in [0.1, 0.15) is 5.75 Å². The van der Waals surface area contributed by atoms with Crippen molar-refractivity contribution >= 4 is 17.7 Å². The Morgan fingerprint density at radius 2 is 2.08 bits per heavy atom. The maximum absolute atomic E-state index is 12.3. The lowest BCUT2D eigenvalue weighted by atomic mass is 10.2. The van der Waals surface area contributed by atoms with Gasteiger partial charge in [-0.25, -0.2) is 4.98 Å². The minimum Gasteiger partial charge on any atom is -0.497 e. The number of nitrogens with one attached hydrogen (secondary N) is 2. The standard InChI is InChI=1S/C18H23N3O3S/c1-4-5-14-10-16(22)21-18(20-14)25-12(2)17(23)19-11-13-6-8-15(24-3)9-7-13/h6-10,12H,4-5,11H2,1-3H3,(H,19,23)(H,20,21,22)/t12-/m1/s1. The minimum absolute atomic E-state index is 0.107. The lowest BCUT2D eigenvalue weighted by molar-refractivity contribution is -0.120. The molecule has 7 heteroatoms. The molecule has 0 aliphatic rings. The number of aromatic nitrogens is 2. The van der Waals surface area contributed by atoms with Gasteiger partial charge in [-0.3, -0.25) is 9.59 Å². The molecule has 0 fully saturated rings. The summed E-state index contributed by atoms with van der Waals surface area (Å²) in [6.07, 6.45) is 1.66. The quantitative estimate of drug-likeness (QED) is 0.557. The van der Waals surface area contributed by atoms with Crippen LogP contribution in [0.1, 0.15) is 31.5 Å². The number of nitrogens with zero attached hydrogens (tertiary/aromatic N) is 1. The van der Waals surface area contributed by atoms with Gasteiger partial charge in [-0.1, -0.05) is 37.2 Å². The average Bonchev–Trinajstić information content (AvgIpc) is 2.59. The number of thioether (sulfide) groups is 1. The molecule has 0 radical (unpaired) electrons. The first-order valence-electron chi connectivity index (χ1n) is 8.19. The summed E-state index contributed by atoms with van der Waals surface area (Å²) in [5.74, 6) is 0.672. The molecule has 1 heterocycles. The second kappa shape index (κ2) is 9.27. The zero-order valence-corrected chi connectivity index (χ0v) is 15.5. The molecule has 25 heavy (non-hydrogen) atoms. The highest BCUT2D eigenvalue weighted by Gasteiger charge is 2.16. The van der Waals surface area contributed by atoms with Crippen LogP contribution >= 0.6 is 11.8 Å². The van der Waals surface area contributed by atoms with Gasteiger partial charge in [-0.05, 0) is 31.0 Å². The van der Waals surface area contributed by atoms with Crippen LogP contribution in [0.2, 0.25) is 0 Å². The number of methoxy groups -OCH3 is 1. The zero-order valence-electron chi connectivity index (χ0n) is 14.7. The van der Waals surface area contributed by atoms with Crippen LogP contribution in [-0.4, -0.2) is 28.2 Å². The molecular weight excluding hydrogens is 338 g/mol. The van der Waals surface area contributed by atoms with E-state index in [2.05, 4.69) is 15.3 Å². The molecule has 1 atom stereocenters. The van der Waals surface area contributed by atoms with E-state index in [-0.39, 0.29) is 16.7 Å². The molecule has 0 bridgehead atoms. The fourth-order valence-corrected chi connectivity index (χ4v) is 3.08. The van der Waals surface area contributed by atoms with E-state index in [1.165, 1.54) is 17.8 Å². The van der Waals surface area contributed by atoms with Crippen LogP contribution in [0.15, 0.2) is 40.3 Å². The average molecular weight is 361 g/mol. The largest absolute Gasteiger partial charge is 0.497 e. The third-order valence-electron chi connectivity index (χ3n) is 3.56. The number of benzene rings is 1. The predicted octanol–water partition coefficient (Wildman–Crippen LogP) is 2.53. The number of hydrogen-bond acceptors (Lipinski definition) is 5. The molecule has 1 amide bonds. The smallest absolute Gasteiger partial charge is 0.251 e. The molecule has 0 spiro atoms. The van der Waals surface area contributed by atoms with E-state index in [0.29, 0.717) is 11.7 Å². The van der Waals surface area contributed by atoms with E-state index in [9.17, 15) is 9.59 Å². The van der Waals surface area contributed by atoms with E-state index >= 15 is 0 Å². The van der Waals surface area contributed by atoms with Gasteiger partial charge < -0.3 is 15.0 Å². The molecule has 134 valence electrons. The first kappa shape index (κ1) is 19.1. The lowest BCUT2D eigenvalue weighted by Crippen LogP contribution is -2.30. The van der Waals surface area contributed by atoms with Crippen LogP contribution in [0.4, 0.5) is 0 Å². The summed E-state index contributed by atoms with van der Waals surface area (Å²) >= 11 is 1.25. The van der Waals surface area contributed by atoms with Crippen molar-refractivity contribution in [3.05, 3.63) is 51.9 Å². The number of H-pyrrole nitrogens is 1. The van der Waals surface area contributed by atoms with Crippen LogP contribution in [0.25, 0.3) is 0 Å². The highest BCUT2D eigenvalue weighted by Crippen LogP contribution is 2.19. The first-order valence-corrected chi connectivity index (χ1v) is 9.07. The number of aromatic amines is 1. The number of hydrogen-bond donors (Lipinski definition) is 2. The maximum Gasteiger partial charge on any atom is 0.251 e. The number of carbonyl (C=O) groups is 1. The number of amides is 1. The molecule has 0 saturated carbocycles. The normalized spacial score (nSPS) is 11.8. The van der Waals surface area contributed by atoms with E-state index in [4.69, 9.17) is 4.74 Å². The first-order chi connectivity index (χ1) is 12.0. The summed E-state index contributed by atoms with van der Waals surface area (Å²) in [6.45, 7) is 4.26. The van der Waals surface area contributed by atoms with Gasteiger partial charge in [-0.15, -0.1) is 0 Å². The highest BCUT2D eigenvalue weighted by atomic mass is 32.2. The van der Waals surface area contributed by atoms with Crippen molar-refractivity contribution in [1.29, 1.82) is 0 Å². The summed E-state index contributed by atoms with van der Waals surface area (Å²) < 4.78 is 5.11. The Morgan fingerprint density at radius 1 is 1.36 bits per heavy atom. The van der Waals surface area contributed by atoms with Crippen LogP contribution in [0.3, 0.4) is 0 Å². The highest BCUT2D eigenvalue weighted by molar-refractivity contribution is 8.00. The van der Waals surface area contributed by atoms with E-state index in [0.717, 1.165) is 29.8 Å². The topological polar surface area (TPSA) is 84.1 Å². The van der Waals surface area contributed by atoms with Crippen LogP contribution < -0.4 is 15.6 Å². The Kier molecular flexibility index (Phi) is 7.06. The Bertz CT molecular complexity index is 759. The fraction of sp³-hybridized carbons (Fsp3) is 0.389. The van der Waals surface area contributed by atoms with Crippen molar-refractivity contribution in [1.82, 2.24) is 15.3 Å². The van der Waals surface area contributed by atoms with Crippen molar-refractivity contribution in [2.45, 2.75) is 43.6 Å². The molecule has 2 rings (SSSR count). The molecule has 0 aliphatic heterocycles. The predicted molar refractivity (Wildman–Crippen MR) is 99.0 cm³/mol. The van der Waals surface area contributed by atoms with Crippen molar-refractivity contribution in [2.75, 3.05) is 7.11 Å². The van der Waals surface area contributed by atoms with E-state index in [1.54, 1.807) is 14.0 Å². The molecule has 0 saturated heterocycles. The van der Waals surface area contributed by atoms with Gasteiger partial charge in [0.2, 0.25) is 5.91 Å². The van der Waals surface area contributed by atoms with Crippen LogP contribution in [0.5, 0.6) is 5.75 Å². The van der Waals surface area contributed by atoms with Crippen LogP contribution in [0, 0.1) is 0 Å². The number of ether oxygens (including phenoxy) is 1. The Hall–Kier alpha value is -2.28.